The highest BCUT2D eigenvalue weighted by Gasteiger charge is 2.20. The molecule has 154 valence electrons. The number of nitrogens with one attached hydrogen (secondary N) is 2. The first-order valence-electron chi connectivity index (χ1n) is 10.0. The fourth-order valence-electron chi connectivity index (χ4n) is 3.46. The third-order valence-electron chi connectivity index (χ3n) is 5.45. The summed E-state index contributed by atoms with van der Waals surface area (Å²) in [6.45, 7) is 16.6. The Balaban J connectivity index is 0.00000364. The first-order valence-corrected chi connectivity index (χ1v) is 10.0. The Kier molecular flexibility index (Phi) is 11.3. The van der Waals surface area contributed by atoms with Gasteiger partial charge in [0.2, 0.25) is 0 Å². The van der Waals surface area contributed by atoms with Crippen LogP contribution in [0.5, 0.6) is 0 Å². The van der Waals surface area contributed by atoms with E-state index in [1.807, 2.05) is 7.05 Å². The summed E-state index contributed by atoms with van der Waals surface area (Å²) in [5, 5.41) is 6.97. The van der Waals surface area contributed by atoms with Crippen LogP contribution < -0.4 is 10.6 Å². The lowest BCUT2D eigenvalue weighted by Gasteiger charge is -2.37. The maximum Gasteiger partial charge on any atom is 0.191 e. The molecule has 0 amide bonds. The van der Waals surface area contributed by atoms with Crippen LogP contribution in [0.25, 0.3) is 0 Å². The smallest absolute Gasteiger partial charge is 0.191 e. The summed E-state index contributed by atoms with van der Waals surface area (Å²) in [4.78, 5) is 9.47. The minimum atomic E-state index is 0. The number of aryl methyl sites for hydroxylation is 1. The van der Waals surface area contributed by atoms with Crippen molar-refractivity contribution in [2.24, 2.45) is 4.99 Å². The van der Waals surface area contributed by atoms with Gasteiger partial charge in [0.05, 0.1) is 0 Å². The molecule has 1 saturated heterocycles. The molecule has 1 aliphatic heterocycles. The summed E-state index contributed by atoms with van der Waals surface area (Å²) < 4.78 is 0. The summed E-state index contributed by atoms with van der Waals surface area (Å²) >= 11 is 0. The van der Waals surface area contributed by atoms with Gasteiger partial charge in [-0.3, -0.25) is 9.89 Å². The van der Waals surface area contributed by atoms with Gasteiger partial charge in [0.25, 0.3) is 0 Å². The van der Waals surface area contributed by atoms with Crippen molar-refractivity contribution < 1.29 is 0 Å². The molecule has 27 heavy (non-hydrogen) atoms. The number of rotatable bonds is 7. The number of hydrogen-bond donors (Lipinski definition) is 2. The molecule has 1 aromatic rings. The fourth-order valence-corrected chi connectivity index (χ4v) is 3.46. The lowest BCUT2D eigenvalue weighted by Crippen LogP contribution is -2.53. The Morgan fingerprint density at radius 3 is 2.37 bits per heavy atom. The monoisotopic (exact) mass is 487 g/mol. The number of piperazine rings is 1. The van der Waals surface area contributed by atoms with Crippen molar-refractivity contribution in [1.82, 2.24) is 20.4 Å². The summed E-state index contributed by atoms with van der Waals surface area (Å²) in [7, 11) is 1.84. The van der Waals surface area contributed by atoms with E-state index in [1.54, 1.807) is 0 Å². The standard InChI is InChI=1S/C21H37N5.HI/c1-6-25-10-12-26(13-11-25)19(4)16-24-21(22-5)23-15-18(3)20-9-7-8-17(2)14-20;/h7-9,14,18-19H,6,10-13,15-16H2,1-5H3,(H2,22,23,24);1H. The average Bonchev–Trinajstić information content (AvgIpc) is 2.67. The van der Waals surface area contributed by atoms with E-state index < -0.39 is 0 Å². The SMILES string of the molecule is CCN1CCN(C(C)CNC(=NC)NCC(C)c2cccc(C)c2)CC1.I. The molecule has 6 heteroatoms. The van der Waals surface area contributed by atoms with Crippen molar-refractivity contribution in [3.05, 3.63) is 35.4 Å². The van der Waals surface area contributed by atoms with Gasteiger partial charge >= 0.3 is 0 Å². The van der Waals surface area contributed by atoms with E-state index in [9.17, 15) is 0 Å². The molecule has 2 unspecified atom stereocenters. The van der Waals surface area contributed by atoms with Gasteiger partial charge in [-0.25, -0.2) is 0 Å². The molecule has 0 aromatic heterocycles. The van der Waals surface area contributed by atoms with Gasteiger partial charge < -0.3 is 15.5 Å². The van der Waals surface area contributed by atoms with E-state index in [2.05, 4.69) is 77.4 Å². The van der Waals surface area contributed by atoms with Gasteiger partial charge in [-0.2, -0.15) is 0 Å². The van der Waals surface area contributed by atoms with Crippen LogP contribution in [0.4, 0.5) is 0 Å². The van der Waals surface area contributed by atoms with Crippen LogP contribution in [-0.2, 0) is 0 Å². The normalized spacial score (nSPS) is 18.5. The lowest BCUT2D eigenvalue weighted by atomic mass is 9.99. The average molecular weight is 487 g/mol. The summed E-state index contributed by atoms with van der Waals surface area (Å²) in [6.07, 6.45) is 0. The van der Waals surface area contributed by atoms with Crippen LogP contribution in [0.15, 0.2) is 29.3 Å². The third kappa shape index (κ3) is 7.95. The molecule has 1 aromatic carbocycles. The van der Waals surface area contributed by atoms with Gasteiger partial charge in [-0.1, -0.05) is 43.7 Å². The van der Waals surface area contributed by atoms with Crippen LogP contribution in [0.1, 0.15) is 37.8 Å². The highest BCUT2D eigenvalue weighted by Crippen LogP contribution is 2.15. The van der Waals surface area contributed by atoms with E-state index in [4.69, 9.17) is 0 Å². The molecule has 1 aliphatic rings. The zero-order valence-electron chi connectivity index (χ0n) is 17.7. The molecule has 2 atom stereocenters. The number of hydrogen-bond acceptors (Lipinski definition) is 3. The first kappa shape index (κ1) is 24.2. The topological polar surface area (TPSA) is 42.9 Å². The van der Waals surface area contributed by atoms with Crippen LogP contribution in [0.3, 0.4) is 0 Å². The highest BCUT2D eigenvalue weighted by atomic mass is 127. The summed E-state index contributed by atoms with van der Waals surface area (Å²) in [5.41, 5.74) is 2.68. The minimum absolute atomic E-state index is 0. The Hall–Kier alpha value is -0.860. The van der Waals surface area contributed by atoms with Crippen LogP contribution in [0.2, 0.25) is 0 Å². The van der Waals surface area contributed by atoms with E-state index >= 15 is 0 Å². The molecule has 1 fully saturated rings. The van der Waals surface area contributed by atoms with E-state index in [0.717, 1.165) is 38.7 Å². The predicted octanol–water partition coefficient (Wildman–Crippen LogP) is 2.91. The maximum atomic E-state index is 4.38. The largest absolute Gasteiger partial charge is 0.356 e. The molecule has 0 radical (unpaired) electrons. The second-order valence-electron chi connectivity index (χ2n) is 7.47. The molecular formula is C21H38IN5. The zero-order valence-corrected chi connectivity index (χ0v) is 20.0. The number of likely N-dealkylation sites (N-methyl/N-ethyl adjacent to an activating group) is 1. The Morgan fingerprint density at radius 2 is 1.78 bits per heavy atom. The van der Waals surface area contributed by atoms with Crippen molar-refractivity contribution in [2.75, 3.05) is 52.9 Å². The molecular weight excluding hydrogens is 449 g/mol. The number of aliphatic imine (C=N–C) groups is 1. The van der Waals surface area contributed by atoms with Crippen molar-refractivity contribution in [3.8, 4) is 0 Å². The summed E-state index contributed by atoms with van der Waals surface area (Å²) in [6, 6.07) is 9.26. The van der Waals surface area contributed by atoms with Crippen molar-refractivity contribution in [1.29, 1.82) is 0 Å². The summed E-state index contributed by atoms with van der Waals surface area (Å²) in [5.74, 6) is 1.34. The molecule has 2 N–H and O–H groups in total. The lowest BCUT2D eigenvalue weighted by molar-refractivity contribution is 0.107. The fraction of sp³-hybridized carbons (Fsp3) is 0.667. The molecule has 0 saturated carbocycles. The number of halogens is 1. The molecule has 0 aliphatic carbocycles. The quantitative estimate of drug-likeness (QED) is 0.353. The van der Waals surface area contributed by atoms with Crippen LogP contribution >= 0.6 is 24.0 Å². The van der Waals surface area contributed by atoms with E-state index in [1.165, 1.54) is 24.2 Å². The third-order valence-corrected chi connectivity index (χ3v) is 5.45. The zero-order chi connectivity index (χ0) is 18.9. The Morgan fingerprint density at radius 1 is 1.11 bits per heavy atom. The van der Waals surface area contributed by atoms with Gasteiger partial charge in [0, 0.05) is 52.4 Å². The van der Waals surface area contributed by atoms with Gasteiger partial charge in [-0.15, -0.1) is 24.0 Å². The van der Waals surface area contributed by atoms with E-state index in [-0.39, 0.29) is 24.0 Å². The Labute approximate surface area is 183 Å². The second-order valence-corrected chi connectivity index (χ2v) is 7.47. The van der Waals surface area contributed by atoms with Gasteiger partial charge in [0.1, 0.15) is 0 Å². The molecule has 2 rings (SSSR count). The van der Waals surface area contributed by atoms with Gasteiger partial charge in [-0.05, 0) is 31.9 Å². The first-order chi connectivity index (χ1) is 12.5. The highest BCUT2D eigenvalue weighted by molar-refractivity contribution is 14.0. The Bertz CT molecular complexity index is 569. The molecule has 1 heterocycles. The van der Waals surface area contributed by atoms with E-state index in [0.29, 0.717) is 12.0 Å². The molecule has 0 spiro atoms. The van der Waals surface area contributed by atoms with Crippen molar-refractivity contribution >= 4 is 29.9 Å². The second kappa shape index (κ2) is 12.6. The molecule has 0 bridgehead atoms. The minimum Gasteiger partial charge on any atom is -0.356 e. The maximum absolute atomic E-state index is 4.38. The van der Waals surface area contributed by atoms with Crippen LogP contribution in [-0.4, -0.2) is 74.7 Å². The number of benzene rings is 1. The number of nitrogens with zero attached hydrogens (tertiary/aromatic N) is 3. The molecule has 5 nitrogen and oxygen atoms in total. The van der Waals surface area contributed by atoms with Crippen molar-refractivity contribution in [3.63, 3.8) is 0 Å². The van der Waals surface area contributed by atoms with Crippen molar-refractivity contribution in [2.45, 2.75) is 39.7 Å². The number of guanidine groups is 1. The van der Waals surface area contributed by atoms with Crippen LogP contribution in [0, 0.1) is 6.92 Å². The predicted molar refractivity (Wildman–Crippen MR) is 128 cm³/mol. The van der Waals surface area contributed by atoms with Gasteiger partial charge in [0.15, 0.2) is 5.96 Å².